The Morgan fingerprint density at radius 3 is 2.10 bits per heavy atom. The van der Waals surface area contributed by atoms with Crippen LogP contribution in [0.3, 0.4) is 0 Å². The van der Waals surface area contributed by atoms with Crippen LogP contribution in [0, 0.1) is 6.92 Å². The van der Waals surface area contributed by atoms with E-state index in [0.29, 0.717) is 10.6 Å². The molecule has 4 nitrogen and oxygen atoms in total. The van der Waals surface area contributed by atoms with E-state index in [2.05, 4.69) is 5.32 Å². The summed E-state index contributed by atoms with van der Waals surface area (Å²) < 4.78 is 12.4. The first-order chi connectivity index (χ1) is 9.60. The van der Waals surface area contributed by atoms with Crippen molar-refractivity contribution in [3.8, 4) is 0 Å². The van der Waals surface area contributed by atoms with Crippen LogP contribution in [0.2, 0.25) is 0 Å². The summed E-state index contributed by atoms with van der Waals surface area (Å²) in [6.07, 6.45) is 0. The molecule has 0 aromatic heterocycles. The van der Waals surface area contributed by atoms with Crippen LogP contribution >= 0.6 is 0 Å². The molecule has 0 radical (unpaired) electrons. The quantitative estimate of drug-likeness (QED) is 0.845. The van der Waals surface area contributed by atoms with Gasteiger partial charge >= 0.3 is 0 Å². The lowest BCUT2D eigenvalue weighted by Gasteiger charge is -2.11. The molecule has 2 aromatic rings. The van der Waals surface area contributed by atoms with Crippen molar-refractivity contribution >= 4 is 22.8 Å². The Morgan fingerprint density at radius 1 is 1.10 bits per heavy atom. The number of carbonyl (C=O) groups is 1. The number of hydrogen-bond acceptors (Lipinski definition) is 3. The first-order valence-electron chi connectivity index (χ1n) is 6.18. The van der Waals surface area contributed by atoms with E-state index in [1.165, 1.54) is 0 Å². The second kappa shape index (κ2) is 6.56. The Labute approximate surface area is 121 Å². The molecule has 0 spiro atoms. The van der Waals surface area contributed by atoms with Gasteiger partial charge in [-0.2, -0.15) is 0 Å². The van der Waals surface area contributed by atoms with Crippen molar-refractivity contribution in [2.24, 2.45) is 5.73 Å². The molecular formula is C15H16N2O2S. The van der Waals surface area contributed by atoms with Crippen LogP contribution in [0.15, 0.2) is 58.3 Å². The molecule has 104 valence electrons. The molecule has 1 unspecified atom stereocenters. The monoisotopic (exact) mass is 288 g/mol. The summed E-state index contributed by atoms with van der Waals surface area (Å²) in [4.78, 5) is 12.6. The minimum Gasteiger partial charge on any atom is -0.606 e. The second-order valence-electron chi connectivity index (χ2n) is 4.36. The van der Waals surface area contributed by atoms with Gasteiger partial charge in [0.25, 0.3) is 0 Å². The molecule has 0 aliphatic heterocycles. The highest BCUT2D eigenvalue weighted by molar-refractivity contribution is 7.91. The van der Waals surface area contributed by atoms with Crippen molar-refractivity contribution in [2.75, 3.05) is 11.9 Å². The van der Waals surface area contributed by atoms with E-state index >= 15 is 0 Å². The number of nitrogens with one attached hydrogen (secondary N) is 1. The van der Waals surface area contributed by atoms with Gasteiger partial charge in [0.15, 0.2) is 9.79 Å². The van der Waals surface area contributed by atoms with Gasteiger partial charge in [0.1, 0.15) is 0 Å². The molecule has 0 heterocycles. The lowest BCUT2D eigenvalue weighted by Crippen LogP contribution is -2.21. The van der Waals surface area contributed by atoms with Crippen molar-refractivity contribution in [1.82, 2.24) is 0 Å². The zero-order valence-electron chi connectivity index (χ0n) is 11.1. The second-order valence-corrected chi connectivity index (χ2v) is 5.84. The highest BCUT2D eigenvalue weighted by Crippen LogP contribution is 2.22. The summed E-state index contributed by atoms with van der Waals surface area (Å²) in [5.41, 5.74) is 7.00. The molecule has 0 bridgehead atoms. The van der Waals surface area contributed by atoms with Gasteiger partial charge in [-0.15, -0.1) is 0 Å². The molecule has 2 rings (SSSR count). The number of benzene rings is 2. The summed E-state index contributed by atoms with van der Waals surface area (Å²) >= 11 is -1.22. The Hall–Kier alpha value is -1.82. The Kier molecular flexibility index (Phi) is 4.79. The van der Waals surface area contributed by atoms with Gasteiger partial charge in [0.05, 0.1) is 6.54 Å². The van der Waals surface area contributed by atoms with Gasteiger partial charge in [-0.1, -0.05) is 17.7 Å². The van der Waals surface area contributed by atoms with E-state index in [1.54, 1.807) is 24.3 Å². The molecule has 2 aromatic carbocycles. The van der Waals surface area contributed by atoms with Gasteiger partial charge in [0.2, 0.25) is 5.91 Å². The molecule has 0 aliphatic rings. The van der Waals surface area contributed by atoms with Crippen molar-refractivity contribution in [3.63, 3.8) is 0 Å². The summed E-state index contributed by atoms with van der Waals surface area (Å²) in [7, 11) is 0. The van der Waals surface area contributed by atoms with Gasteiger partial charge in [-0.25, -0.2) is 0 Å². The number of anilines is 1. The van der Waals surface area contributed by atoms with Crippen molar-refractivity contribution in [2.45, 2.75) is 16.7 Å². The first kappa shape index (κ1) is 14.6. The maximum absolute atomic E-state index is 12.4. The van der Waals surface area contributed by atoms with E-state index in [-0.39, 0.29) is 12.5 Å². The zero-order chi connectivity index (χ0) is 14.5. The van der Waals surface area contributed by atoms with Crippen LogP contribution in [-0.2, 0) is 16.0 Å². The molecule has 20 heavy (non-hydrogen) atoms. The van der Waals surface area contributed by atoms with Crippen LogP contribution < -0.4 is 11.1 Å². The summed E-state index contributed by atoms with van der Waals surface area (Å²) in [6, 6.07) is 14.5. The van der Waals surface area contributed by atoms with Crippen LogP contribution in [0.4, 0.5) is 5.69 Å². The molecule has 5 heteroatoms. The van der Waals surface area contributed by atoms with Crippen LogP contribution in [0.1, 0.15) is 5.56 Å². The van der Waals surface area contributed by atoms with Crippen LogP contribution in [0.5, 0.6) is 0 Å². The Morgan fingerprint density at radius 2 is 1.60 bits per heavy atom. The molecule has 0 fully saturated rings. The fraction of sp³-hybridized carbons (Fsp3) is 0.133. The van der Waals surface area contributed by atoms with Crippen molar-refractivity contribution in [3.05, 3.63) is 54.1 Å². The van der Waals surface area contributed by atoms with Gasteiger partial charge in [-0.05, 0) is 43.3 Å². The van der Waals surface area contributed by atoms with Crippen LogP contribution in [-0.4, -0.2) is 17.0 Å². The van der Waals surface area contributed by atoms with E-state index in [9.17, 15) is 9.35 Å². The predicted octanol–water partition coefficient (Wildman–Crippen LogP) is 2.06. The average Bonchev–Trinajstić information content (AvgIpc) is 2.48. The number of rotatable bonds is 4. The number of carbonyl (C=O) groups excluding carboxylic acids is 1. The van der Waals surface area contributed by atoms with Gasteiger partial charge in [0, 0.05) is 16.9 Å². The minimum absolute atomic E-state index is 0.0585. The van der Waals surface area contributed by atoms with Crippen molar-refractivity contribution in [1.29, 1.82) is 0 Å². The van der Waals surface area contributed by atoms with Crippen molar-refractivity contribution < 1.29 is 9.35 Å². The summed E-state index contributed by atoms with van der Waals surface area (Å²) in [5.74, 6) is -0.252. The molecule has 1 amide bonds. The molecule has 0 saturated heterocycles. The van der Waals surface area contributed by atoms with E-state index < -0.39 is 11.2 Å². The Balaban J connectivity index is 2.13. The third-order valence-corrected chi connectivity index (χ3v) is 4.17. The van der Waals surface area contributed by atoms with E-state index in [4.69, 9.17) is 5.73 Å². The topological polar surface area (TPSA) is 78.2 Å². The maximum atomic E-state index is 12.4. The first-order valence-corrected chi connectivity index (χ1v) is 7.33. The molecule has 0 saturated carbocycles. The molecule has 1 atom stereocenters. The standard InChI is InChI=1S/C15H16N2O2S/c1-11-2-6-13(7-3-11)20(19)14-8-4-12(5-9-14)17-15(18)10-16/h2-9H,10,16H2,1H3,(H,17,18). The molecule has 0 aliphatic carbocycles. The summed E-state index contributed by atoms with van der Waals surface area (Å²) in [6.45, 7) is 1.93. The fourth-order valence-corrected chi connectivity index (χ4v) is 2.71. The lowest BCUT2D eigenvalue weighted by molar-refractivity contribution is -0.114. The third-order valence-electron chi connectivity index (χ3n) is 2.77. The predicted molar refractivity (Wildman–Crippen MR) is 80.0 cm³/mol. The zero-order valence-corrected chi connectivity index (χ0v) is 11.9. The summed E-state index contributed by atoms with van der Waals surface area (Å²) in [5, 5.41) is 2.64. The average molecular weight is 288 g/mol. The highest BCUT2D eigenvalue weighted by Gasteiger charge is 2.14. The van der Waals surface area contributed by atoms with E-state index in [0.717, 1.165) is 10.5 Å². The number of aryl methyl sites for hydroxylation is 1. The molecule has 3 N–H and O–H groups in total. The lowest BCUT2D eigenvalue weighted by atomic mass is 10.2. The molecular weight excluding hydrogens is 272 g/mol. The fourth-order valence-electron chi connectivity index (χ4n) is 1.67. The highest BCUT2D eigenvalue weighted by atomic mass is 32.2. The number of amides is 1. The Bertz CT molecular complexity index is 582. The maximum Gasteiger partial charge on any atom is 0.238 e. The normalized spacial score (nSPS) is 11.9. The van der Waals surface area contributed by atoms with Crippen LogP contribution in [0.25, 0.3) is 0 Å². The third kappa shape index (κ3) is 3.60. The van der Waals surface area contributed by atoms with Gasteiger partial charge in [-0.3, -0.25) is 4.79 Å². The largest absolute Gasteiger partial charge is 0.606 e. The minimum atomic E-state index is -1.22. The van der Waals surface area contributed by atoms with Gasteiger partial charge < -0.3 is 15.6 Å². The number of hydrogen-bond donors (Lipinski definition) is 2. The smallest absolute Gasteiger partial charge is 0.238 e. The number of nitrogens with two attached hydrogens (primary N) is 1. The SMILES string of the molecule is Cc1ccc([S+]([O-])c2ccc(NC(=O)CN)cc2)cc1. The van der Waals surface area contributed by atoms with E-state index in [1.807, 2.05) is 31.2 Å².